The highest BCUT2D eigenvalue weighted by atomic mass is 16.1. The minimum absolute atomic E-state index is 0.177. The average Bonchev–Trinajstić information content (AvgIpc) is 2.38. The Morgan fingerprint density at radius 1 is 1.05 bits per heavy atom. The van der Waals surface area contributed by atoms with Crippen molar-refractivity contribution in [3.05, 3.63) is 48.3 Å². The van der Waals surface area contributed by atoms with E-state index in [0.717, 1.165) is 11.1 Å². The molecule has 0 radical (unpaired) electrons. The second kappa shape index (κ2) is 5.44. The summed E-state index contributed by atoms with van der Waals surface area (Å²) in [5.74, 6) is -0.405. The number of benzene rings is 1. The van der Waals surface area contributed by atoms with E-state index in [1.54, 1.807) is 12.3 Å². The van der Waals surface area contributed by atoms with Crippen LogP contribution in [0, 0.1) is 0 Å². The Bertz CT molecular complexity index is 621. The molecule has 0 bridgehead atoms. The van der Waals surface area contributed by atoms with Gasteiger partial charge in [0.15, 0.2) is 5.78 Å². The number of hydrogen-bond acceptors (Lipinski definition) is 3. The highest BCUT2D eigenvalue weighted by molar-refractivity contribution is 6.02. The zero-order valence-corrected chi connectivity index (χ0v) is 10.8. The normalized spacial score (nSPS) is 10.0. The van der Waals surface area contributed by atoms with Gasteiger partial charge in [0.1, 0.15) is 5.69 Å². The van der Waals surface area contributed by atoms with Crippen LogP contribution in [0.3, 0.4) is 0 Å². The first-order valence-corrected chi connectivity index (χ1v) is 5.92. The average molecular weight is 254 g/mol. The van der Waals surface area contributed by atoms with E-state index in [-0.39, 0.29) is 17.4 Å². The summed E-state index contributed by atoms with van der Waals surface area (Å²) in [4.78, 5) is 26.8. The molecular formula is C15H14N2O2. The summed E-state index contributed by atoms with van der Waals surface area (Å²) in [6.45, 7) is 2.83. The first kappa shape index (κ1) is 13.0. The molecule has 0 aliphatic rings. The Hall–Kier alpha value is -2.49. The van der Waals surface area contributed by atoms with Crippen molar-refractivity contribution >= 4 is 17.4 Å². The van der Waals surface area contributed by atoms with E-state index in [9.17, 15) is 9.59 Å². The summed E-state index contributed by atoms with van der Waals surface area (Å²) in [5.41, 5.74) is 2.56. The maximum absolute atomic E-state index is 11.5. The van der Waals surface area contributed by atoms with Crippen LogP contribution in [0.5, 0.6) is 0 Å². The Morgan fingerprint density at radius 3 is 2.32 bits per heavy atom. The number of nitrogens with one attached hydrogen (secondary N) is 1. The van der Waals surface area contributed by atoms with Crippen LogP contribution in [0.1, 0.15) is 24.3 Å². The fraction of sp³-hybridized carbons (Fsp3) is 0.133. The highest BCUT2D eigenvalue weighted by Gasteiger charge is 2.11. The van der Waals surface area contributed by atoms with Crippen LogP contribution in [0.25, 0.3) is 11.1 Å². The second-order valence-corrected chi connectivity index (χ2v) is 4.22. The van der Waals surface area contributed by atoms with Crippen molar-refractivity contribution in [3.8, 4) is 11.1 Å². The lowest BCUT2D eigenvalue weighted by Crippen LogP contribution is -2.11. The first-order chi connectivity index (χ1) is 9.08. The quantitative estimate of drug-likeness (QED) is 0.857. The van der Waals surface area contributed by atoms with Crippen LogP contribution in [0.4, 0.5) is 5.69 Å². The van der Waals surface area contributed by atoms with Crippen LogP contribution in [-0.2, 0) is 4.79 Å². The monoisotopic (exact) mass is 254 g/mol. The van der Waals surface area contributed by atoms with Crippen molar-refractivity contribution in [1.29, 1.82) is 0 Å². The standard InChI is InChI=1S/C15H14N2O2/c1-10(18)15-14(17-11(2)19)8-13(9-16-15)12-6-4-3-5-7-12/h3-9H,1-2H3,(H,17,19). The lowest BCUT2D eigenvalue weighted by atomic mass is 10.1. The molecule has 0 saturated carbocycles. The zero-order chi connectivity index (χ0) is 13.8. The molecule has 2 rings (SSSR count). The minimum Gasteiger partial charge on any atom is -0.324 e. The third-order valence-electron chi connectivity index (χ3n) is 2.64. The number of pyridine rings is 1. The third-order valence-corrected chi connectivity index (χ3v) is 2.64. The number of Topliss-reactive ketones (excluding diaryl/α,β-unsaturated/α-hetero) is 1. The molecule has 1 aromatic heterocycles. The van der Waals surface area contributed by atoms with E-state index >= 15 is 0 Å². The zero-order valence-electron chi connectivity index (χ0n) is 10.8. The smallest absolute Gasteiger partial charge is 0.221 e. The van der Waals surface area contributed by atoms with Gasteiger partial charge in [0.05, 0.1) is 5.69 Å². The van der Waals surface area contributed by atoms with Gasteiger partial charge in [-0.05, 0) is 11.6 Å². The van der Waals surface area contributed by atoms with Gasteiger partial charge < -0.3 is 5.32 Å². The lowest BCUT2D eigenvalue weighted by Gasteiger charge is -2.09. The van der Waals surface area contributed by atoms with Crippen molar-refractivity contribution in [2.45, 2.75) is 13.8 Å². The van der Waals surface area contributed by atoms with Crippen LogP contribution < -0.4 is 5.32 Å². The number of rotatable bonds is 3. The predicted octanol–water partition coefficient (Wildman–Crippen LogP) is 2.91. The maximum Gasteiger partial charge on any atom is 0.221 e. The molecule has 0 atom stereocenters. The predicted molar refractivity (Wildman–Crippen MR) is 74.0 cm³/mol. The number of amides is 1. The Balaban J connectivity index is 2.49. The molecule has 1 heterocycles. The summed E-state index contributed by atoms with van der Waals surface area (Å²) >= 11 is 0. The number of anilines is 1. The summed E-state index contributed by atoms with van der Waals surface area (Å²) < 4.78 is 0. The number of nitrogens with zero attached hydrogens (tertiary/aromatic N) is 1. The summed E-state index contributed by atoms with van der Waals surface area (Å²) in [6.07, 6.45) is 1.64. The van der Waals surface area contributed by atoms with Crippen LogP contribution in [0.2, 0.25) is 0 Å². The molecule has 2 aromatic rings. The van der Waals surface area contributed by atoms with E-state index in [2.05, 4.69) is 10.3 Å². The van der Waals surface area contributed by atoms with E-state index in [4.69, 9.17) is 0 Å². The molecule has 0 unspecified atom stereocenters. The Labute approximate surface area is 111 Å². The number of carbonyl (C=O) groups is 2. The van der Waals surface area contributed by atoms with Crippen molar-refractivity contribution in [3.63, 3.8) is 0 Å². The summed E-state index contributed by atoms with van der Waals surface area (Å²) in [7, 11) is 0. The van der Waals surface area contributed by atoms with Gasteiger partial charge in [-0.1, -0.05) is 30.3 Å². The molecule has 0 saturated heterocycles. The minimum atomic E-state index is -0.227. The van der Waals surface area contributed by atoms with Gasteiger partial charge in [-0.3, -0.25) is 14.6 Å². The van der Waals surface area contributed by atoms with Gasteiger partial charge in [0.2, 0.25) is 5.91 Å². The molecule has 96 valence electrons. The second-order valence-electron chi connectivity index (χ2n) is 4.22. The maximum atomic E-state index is 11.5. The largest absolute Gasteiger partial charge is 0.324 e. The van der Waals surface area contributed by atoms with E-state index in [0.29, 0.717) is 5.69 Å². The van der Waals surface area contributed by atoms with E-state index in [1.807, 2.05) is 30.3 Å². The van der Waals surface area contributed by atoms with Gasteiger partial charge in [0, 0.05) is 25.6 Å². The van der Waals surface area contributed by atoms with Gasteiger partial charge in [-0.15, -0.1) is 0 Å². The Morgan fingerprint density at radius 2 is 1.74 bits per heavy atom. The van der Waals surface area contributed by atoms with Gasteiger partial charge >= 0.3 is 0 Å². The third kappa shape index (κ3) is 3.04. The van der Waals surface area contributed by atoms with Crippen LogP contribution in [0.15, 0.2) is 42.6 Å². The van der Waals surface area contributed by atoms with Crippen molar-refractivity contribution in [1.82, 2.24) is 4.98 Å². The van der Waals surface area contributed by atoms with Crippen molar-refractivity contribution in [2.24, 2.45) is 0 Å². The molecule has 1 aromatic carbocycles. The fourth-order valence-electron chi connectivity index (χ4n) is 1.82. The molecule has 4 nitrogen and oxygen atoms in total. The molecule has 0 aliphatic carbocycles. The molecule has 0 fully saturated rings. The first-order valence-electron chi connectivity index (χ1n) is 5.92. The number of hydrogen-bond donors (Lipinski definition) is 1. The molecular weight excluding hydrogens is 240 g/mol. The summed E-state index contributed by atoms with van der Waals surface area (Å²) in [6, 6.07) is 11.4. The fourth-order valence-corrected chi connectivity index (χ4v) is 1.82. The van der Waals surface area contributed by atoms with Crippen molar-refractivity contribution in [2.75, 3.05) is 5.32 Å². The topological polar surface area (TPSA) is 59.1 Å². The van der Waals surface area contributed by atoms with Gasteiger partial charge in [-0.25, -0.2) is 0 Å². The van der Waals surface area contributed by atoms with Crippen molar-refractivity contribution < 1.29 is 9.59 Å². The van der Waals surface area contributed by atoms with E-state index in [1.165, 1.54) is 13.8 Å². The molecule has 0 spiro atoms. The molecule has 1 N–H and O–H groups in total. The van der Waals surface area contributed by atoms with Gasteiger partial charge in [0.25, 0.3) is 0 Å². The van der Waals surface area contributed by atoms with Gasteiger partial charge in [-0.2, -0.15) is 0 Å². The number of ketones is 1. The molecule has 19 heavy (non-hydrogen) atoms. The summed E-state index contributed by atoms with van der Waals surface area (Å²) in [5, 5.41) is 2.64. The Kier molecular flexibility index (Phi) is 3.71. The van der Waals surface area contributed by atoms with Crippen LogP contribution in [-0.4, -0.2) is 16.7 Å². The molecule has 4 heteroatoms. The number of carbonyl (C=O) groups excluding carboxylic acids is 2. The molecule has 1 amide bonds. The number of aromatic nitrogens is 1. The lowest BCUT2D eigenvalue weighted by molar-refractivity contribution is -0.114. The van der Waals surface area contributed by atoms with Crippen LogP contribution >= 0.6 is 0 Å². The van der Waals surface area contributed by atoms with E-state index < -0.39 is 0 Å². The highest BCUT2D eigenvalue weighted by Crippen LogP contribution is 2.24. The SMILES string of the molecule is CC(=O)Nc1cc(-c2ccccc2)cnc1C(C)=O. The molecule has 0 aliphatic heterocycles.